The van der Waals surface area contributed by atoms with Gasteiger partial charge in [-0.05, 0) is 74.8 Å². The van der Waals surface area contributed by atoms with E-state index in [0.717, 1.165) is 92.4 Å². The van der Waals surface area contributed by atoms with Gasteiger partial charge in [0.25, 0.3) is 5.91 Å². The van der Waals surface area contributed by atoms with Gasteiger partial charge in [0.2, 0.25) is 5.88 Å². The summed E-state index contributed by atoms with van der Waals surface area (Å²) in [7, 11) is 0. The minimum Gasteiger partial charge on any atom is -0.489 e. The summed E-state index contributed by atoms with van der Waals surface area (Å²) in [6.45, 7) is 16.7. The Morgan fingerprint density at radius 1 is 0.915 bits per heavy atom. The number of carbonyl (C=O) groups is 1. The highest BCUT2D eigenvalue weighted by molar-refractivity contribution is 6.31. The molecule has 19 heteroatoms. The van der Waals surface area contributed by atoms with Crippen LogP contribution in [0.2, 0.25) is 5.02 Å². The standard InChI is InChI=1S/C52H68ClN11O7/c1-6-36-33-57-64-46(30-44(58-48(36)64)62-19-8-7-9-38(62)18-22-65)63(49-51(2,3)50(52(49,4)5)71-40-12-11-37(31-54)41(53)29-40)34-35-10-15-45(56-32-35)70-28-26-68-24-23-67-25-27-69-39-16-20-61(21-17-39)43-14-13-42(47(55)66)59-60-43/h10-15,29-30,32-33,38-39,49-50,65H,6-9,16-28,34H2,1-5H3,(H2,55,66)/t38-,49?,50?/m0/s1. The third-order valence-corrected chi connectivity index (χ3v) is 14.5. The largest absolute Gasteiger partial charge is 0.489 e. The number of amides is 1. The first-order valence-corrected chi connectivity index (χ1v) is 25.3. The van der Waals surface area contributed by atoms with Crippen molar-refractivity contribution in [1.82, 2.24) is 29.8 Å². The number of rotatable bonds is 23. The van der Waals surface area contributed by atoms with Crippen LogP contribution in [0.1, 0.15) is 100 Å². The first-order chi connectivity index (χ1) is 34.3. The van der Waals surface area contributed by atoms with Crippen LogP contribution in [0.4, 0.5) is 17.5 Å². The van der Waals surface area contributed by atoms with Crippen LogP contribution in [0.15, 0.2) is 60.9 Å². The maximum absolute atomic E-state index is 11.3. The molecule has 71 heavy (non-hydrogen) atoms. The molecule has 1 atom stereocenters. The van der Waals surface area contributed by atoms with Crippen LogP contribution < -0.4 is 29.9 Å². The molecular formula is C52H68ClN11O7. The van der Waals surface area contributed by atoms with E-state index in [2.05, 4.69) is 77.7 Å². The van der Waals surface area contributed by atoms with Crippen molar-refractivity contribution in [3.05, 3.63) is 88.3 Å². The number of hydrogen-bond donors (Lipinski definition) is 2. The number of fused-ring (bicyclic) bond motifs is 1. The van der Waals surface area contributed by atoms with Gasteiger partial charge in [-0.3, -0.25) is 4.79 Å². The molecule has 1 aliphatic carbocycles. The molecule has 1 saturated carbocycles. The normalized spacial score (nSPS) is 19.8. The second-order valence-corrected chi connectivity index (χ2v) is 20.2. The van der Waals surface area contributed by atoms with Crippen LogP contribution in [0, 0.1) is 22.2 Å². The zero-order chi connectivity index (χ0) is 50.1. The SMILES string of the molecule is CCc1cnn2c(N(Cc3ccc(OCCOCCOCCOC4CCN(c5ccc(C(N)=O)nn5)CC4)nc3)C3C(C)(C)C(Oc4ccc(C#N)c(Cl)c4)C3(C)C)cc(N3CCCC[C@H]3CCO)nc12. The van der Waals surface area contributed by atoms with Gasteiger partial charge in [0.05, 0.1) is 55.9 Å². The molecule has 6 heterocycles. The van der Waals surface area contributed by atoms with Crippen LogP contribution in [-0.2, 0) is 27.2 Å². The van der Waals surface area contributed by atoms with E-state index < -0.39 is 5.91 Å². The van der Waals surface area contributed by atoms with Crippen molar-refractivity contribution in [3.8, 4) is 17.7 Å². The van der Waals surface area contributed by atoms with E-state index in [1.807, 2.05) is 29.0 Å². The molecule has 3 aliphatic rings. The first kappa shape index (κ1) is 51.5. The number of benzene rings is 1. The minimum atomic E-state index is -0.591. The van der Waals surface area contributed by atoms with E-state index >= 15 is 0 Å². The van der Waals surface area contributed by atoms with Crippen molar-refractivity contribution in [2.75, 3.05) is 80.6 Å². The molecule has 18 nitrogen and oxygen atoms in total. The van der Waals surface area contributed by atoms with Gasteiger partial charge in [-0.15, -0.1) is 10.2 Å². The highest BCUT2D eigenvalue weighted by atomic mass is 35.5. The Morgan fingerprint density at radius 3 is 2.34 bits per heavy atom. The number of nitriles is 1. The van der Waals surface area contributed by atoms with Crippen molar-refractivity contribution in [1.29, 1.82) is 5.26 Å². The van der Waals surface area contributed by atoms with Gasteiger partial charge in [-0.1, -0.05) is 52.3 Å². The lowest BCUT2D eigenvalue weighted by atomic mass is 9.48. The molecule has 0 unspecified atom stereocenters. The Kier molecular flexibility index (Phi) is 16.8. The topological polar surface area (TPSA) is 212 Å². The fourth-order valence-electron chi connectivity index (χ4n) is 11.1. The summed E-state index contributed by atoms with van der Waals surface area (Å²) < 4.78 is 32.4. The molecule has 4 aromatic heterocycles. The predicted molar refractivity (Wildman–Crippen MR) is 270 cm³/mol. The Hall–Kier alpha value is -5.84. The third kappa shape index (κ3) is 11.8. The van der Waals surface area contributed by atoms with Crippen molar-refractivity contribution in [2.45, 2.75) is 110 Å². The number of nitrogens with zero attached hydrogens (tertiary/aromatic N) is 10. The van der Waals surface area contributed by atoms with Crippen molar-refractivity contribution >= 4 is 40.6 Å². The fourth-order valence-corrected chi connectivity index (χ4v) is 11.3. The monoisotopic (exact) mass is 993 g/mol. The minimum absolute atomic E-state index is 0.0527. The number of aryl methyl sites for hydroxylation is 1. The molecule has 3 fully saturated rings. The average Bonchev–Trinajstić information content (AvgIpc) is 3.80. The molecule has 5 aromatic rings. The summed E-state index contributed by atoms with van der Waals surface area (Å²) in [6, 6.07) is 17.0. The summed E-state index contributed by atoms with van der Waals surface area (Å²) in [5.74, 6) is 3.06. The lowest BCUT2D eigenvalue weighted by Crippen LogP contribution is -2.75. The van der Waals surface area contributed by atoms with Crippen molar-refractivity contribution in [2.24, 2.45) is 16.6 Å². The number of piperidine rings is 2. The van der Waals surface area contributed by atoms with Gasteiger partial charge in [-0.2, -0.15) is 14.9 Å². The Balaban J connectivity index is 0.880. The Morgan fingerprint density at radius 2 is 1.68 bits per heavy atom. The Labute approximate surface area is 421 Å². The number of pyridine rings is 1. The molecule has 1 aromatic carbocycles. The van der Waals surface area contributed by atoms with Crippen molar-refractivity contribution in [3.63, 3.8) is 0 Å². The van der Waals surface area contributed by atoms with Gasteiger partial charge in [-0.25, -0.2) is 9.97 Å². The molecule has 1 amide bonds. The lowest BCUT2D eigenvalue weighted by Gasteiger charge is -2.66. The summed E-state index contributed by atoms with van der Waals surface area (Å²) in [4.78, 5) is 28.3. The second kappa shape index (κ2) is 23.1. The van der Waals surface area contributed by atoms with E-state index in [1.165, 1.54) is 0 Å². The zero-order valence-corrected chi connectivity index (χ0v) is 42.4. The number of hydrogen-bond acceptors (Lipinski definition) is 16. The zero-order valence-electron chi connectivity index (χ0n) is 41.6. The number of aliphatic hydroxyl groups excluding tert-OH is 1. The molecule has 0 bridgehead atoms. The quantitative estimate of drug-likeness (QED) is 0.0642. The number of halogens is 1. The number of anilines is 3. The highest BCUT2D eigenvalue weighted by Crippen LogP contribution is 2.59. The number of ether oxygens (including phenoxy) is 5. The van der Waals surface area contributed by atoms with Crippen molar-refractivity contribution < 1.29 is 33.6 Å². The fraction of sp³-hybridized carbons (Fsp3) is 0.558. The number of aliphatic hydroxyl groups is 1. The maximum Gasteiger partial charge on any atom is 0.269 e. The average molecular weight is 995 g/mol. The molecule has 3 N–H and O–H groups in total. The molecule has 2 aliphatic heterocycles. The molecule has 0 radical (unpaired) electrons. The van der Waals surface area contributed by atoms with Gasteiger partial charge >= 0.3 is 0 Å². The number of nitrogens with two attached hydrogens (primary N) is 1. The summed E-state index contributed by atoms with van der Waals surface area (Å²) in [6.07, 6.45) is 10.1. The smallest absolute Gasteiger partial charge is 0.269 e. The van der Waals surface area contributed by atoms with Crippen LogP contribution in [0.25, 0.3) is 5.65 Å². The molecular weight excluding hydrogens is 926 g/mol. The molecule has 380 valence electrons. The first-order valence-electron chi connectivity index (χ1n) is 24.9. The Bertz CT molecular complexity index is 2580. The summed E-state index contributed by atoms with van der Waals surface area (Å²) in [5.41, 5.74) is 7.94. The molecule has 0 spiro atoms. The van der Waals surface area contributed by atoms with Crippen LogP contribution in [0.3, 0.4) is 0 Å². The lowest BCUT2D eigenvalue weighted by molar-refractivity contribution is -0.158. The van der Waals surface area contributed by atoms with Crippen LogP contribution in [-0.4, -0.2) is 131 Å². The van der Waals surface area contributed by atoms with Crippen LogP contribution in [0.5, 0.6) is 11.6 Å². The van der Waals surface area contributed by atoms with E-state index in [1.54, 1.807) is 24.3 Å². The van der Waals surface area contributed by atoms with E-state index in [4.69, 9.17) is 56.1 Å². The highest BCUT2D eigenvalue weighted by Gasteiger charge is 2.66. The van der Waals surface area contributed by atoms with Crippen LogP contribution >= 0.6 is 11.6 Å². The van der Waals surface area contributed by atoms with Gasteiger partial charge < -0.3 is 49.2 Å². The van der Waals surface area contributed by atoms with Gasteiger partial charge in [0.15, 0.2) is 17.2 Å². The van der Waals surface area contributed by atoms with E-state index in [9.17, 15) is 15.2 Å². The number of aromatic nitrogens is 6. The number of primary amides is 1. The molecule has 2 saturated heterocycles. The predicted octanol–water partition coefficient (Wildman–Crippen LogP) is 6.83. The molecule has 8 rings (SSSR count). The summed E-state index contributed by atoms with van der Waals surface area (Å²) >= 11 is 6.48. The second-order valence-electron chi connectivity index (χ2n) is 19.8. The van der Waals surface area contributed by atoms with Gasteiger partial charge in [0, 0.05) is 85.7 Å². The number of carbonyl (C=O) groups excluding carboxylic acids is 1. The third-order valence-electron chi connectivity index (χ3n) is 14.2. The van der Waals surface area contributed by atoms with E-state index in [-0.39, 0.29) is 47.4 Å². The van der Waals surface area contributed by atoms with E-state index in [0.29, 0.717) is 74.8 Å². The van der Waals surface area contributed by atoms with Gasteiger partial charge in [0.1, 0.15) is 36.2 Å². The maximum atomic E-state index is 11.3. The summed E-state index contributed by atoms with van der Waals surface area (Å²) in [5, 5.41) is 33.0.